The average molecular weight is 226 g/mol. The Balaban J connectivity index is 2.04. The van der Waals surface area contributed by atoms with Crippen LogP contribution in [0, 0.1) is 5.82 Å². The summed E-state index contributed by atoms with van der Waals surface area (Å²) in [7, 11) is 0. The highest BCUT2D eigenvalue weighted by atomic mass is 32.2. The van der Waals surface area contributed by atoms with Crippen LogP contribution in [0.4, 0.5) is 4.39 Å². The number of hydrogen-bond donors (Lipinski definition) is 1. The Labute approximate surface area is 93.7 Å². The number of aliphatic hydroxyl groups excluding tert-OH is 1. The second-order valence-corrected chi connectivity index (χ2v) is 5.22. The molecule has 15 heavy (non-hydrogen) atoms. The minimum atomic E-state index is -0.275. The lowest BCUT2D eigenvalue weighted by molar-refractivity contribution is 0.137. The molecular formula is C12H15FOS. The second kappa shape index (κ2) is 4.99. The normalized spacial score (nSPS) is 26.5. The maximum Gasteiger partial charge on any atom is 0.136 e. The van der Waals surface area contributed by atoms with Crippen LogP contribution in [0.3, 0.4) is 0 Å². The monoisotopic (exact) mass is 226 g/mol. The van der Waals surface area contributed by atoms with E-state index in [2.05, 4.69) is 0 Å². The Kier molecular flexibility index (Phi) is 3.65. The fourth-order valence-corrected chi connectivity index (χ4v) is 3.16. The van der Waals surface area contributed by atoms with E-state index in [1.807, 2.05) is 6.07 Å². The van der Waals surface area contributed by atoms with Crippen molar-refractivity contribution >= 4 is 11.8 Å². The van der Waals surface area contributed by atoms with Crippen LogP contribution in [0.25, 0.3) is 0 Å². The molecule has 82 valence electrons. The van der Waals surface area contributed by atoms with Gasteiger partial charge in [0.05, 0.1) is 6.10 Å². The third-order valence-electron chi connectivity index (χ3n) is 2.78. The summed E-state index contributed by atoms with van der Waals surface area (Å²) in [6.45, 7) is 0. The van der Waals surface area contributed by atoms with Crippen LogP contribution in [0.15, 0.2) is 29.2 Å². The van der Waals surface area contributed by atoms with Gasteiger partial charge in [0.2, 0.25) is 0 Å². The Morgan fingerprint density at radius 1 is 1.20 bits per heavy atom. The zero-order valence-electron chi connectivity index (χ0n) is 8.53. The molecule has 1 saturated carbocycles. The van der Waals surface area contributed by atoms with E-state index in [-0.39, 0.29) is 17.2 Å². The van der Waals surface area contributed by atoms with E-state index in [9.17, 15) is 9.50 Å². The summed E-state index contributed by atoms with van der Waals surface area (Å²) in [4.78, 5) is 0.656. The maximum atomic E-state index is 13.4. The van der Waals surface area contributed by atoms with E-state index in [0.29, 0.717) is 4.90 Å². The summed E-state index contributed by atoms with van der Waals surface area (Å²) in [6.07, 6.45) is 3.80. The average Bonchev–Trinajstić information content (AvgIpc) is 2.24. The molecule has 1 nitrogen and oxygen atoms in total. The number of rotatable bonds is 2. The fraction of sp³-hybridized carbons (Fsp3) is 0.500. The molecule has 0 aromatic heterocycles. The van der Waals surface area contributed by atoms with Crippen molar-refractivity contribution in [3.8, 4) is 0 Å². The summed E-state index contributed by atoms with van der Waals surface area (Å²) in [6, 6.07) is 6.77. The third kappa shape index (κ3) is 2.73. The zero-order valence-corrected chi connectivity index (χ0v) is 9.34. The first kappa shape index (κ1) is 11.0. The molecular weight excluding hydrogens is 211 g/mol. The summed E-state index contributed by atoms with van der Waals surface area (Å²) < 4.78 is 13.4. The predicted octanol–water partition coefficient (Wildman–Crippen LogP) is 3.22. The smallest absolute Gasteiger partial charge is 0.136 e. The molecule has 0 saturated heterocycles. The largest absolute Gasteiger partial charge is 0.392 e. The Hall–Kier alpha value is -0.540. The predicted molar refractivity (Wildman–Crippen MR) is 60.5 cm³/mol. The number of hydrogen-bond acceptors (Lipinski definition) is 2. The van der Waals surface area contributed by atoms with Gasteiger partial charge in [-0.1, -0.05) is 25.0 Å². The molecule has 0 heterocycles. The highest BCUT2D eigenvalue weighted by Crippen LogP contribution is 2.34. The van der Waals surface area contributed by atoms with Gasteiger partial charge in [-0.25, -0.2) is 4.39 Å². The Bertz CT molecular complexity index is 329. The Morgan fingerprint density at radius 2 is 1.93 bits per heavy atom. The van der Waals surface area contributed by atoms with Crippen LogP contribution in [0.1, 0.15) is 25.7 Å². The first-order valence-electron chi connectivity index (χ1n) is 5.36. The van der Waals surface area contributed by atoms with E-state index < -0.39 is 0 Å². The molecule has 1 aliphatic carbocycles. The lowest BCUT2D eigenvalue weighted by atomic mass is 9.97. The lowest BCUT2D eigenvalue weighted by Gasteiger charge is -2.26. The standard InChI is InChI=1S/C12H15FOS/c13-9-5-1-3-7-11(9)15-12-8-4-2-6-10(12)14/h1,3,5,7,10,12,14H,2,4,6,8H2. The van der Waals surface area contributed by atoms with Crippen LogP contribution in [0.2, 0.25) is 0 Å². The maximum absolute atomic E-state index is 13.4. The van der Waals surface area contributed by atoms with Gasteiger partial charge < -0.3 is 5.11 Å². The number of benzene rings is 1. The third-order valence-corrected chi connectivity index (χ3v) is 4.22. The Morgan fingerprint density at radius 3 is 2.67 bits per heavy atom. The van der Waals surface area contributed by atoms with Crippen molar-refractivity contribution in [1.29, 1.82) is 0 Å². The molecule has 2 unspecified atom stereocenters. The number of halogens is 1. The highest BCUT2D eigenvalue weighted by Gasteiger charge is 2.24. The van der Waals surface area contributed by atoms with Crippen LogP contribution in [0.5, 0.6) is 0 Å². The minimum absolute atomic E-state index is 0.163. The van der Waals surface area contributed by atoms with Crippen molar-refractivity contribution in [2.75, 3.05) is 0 Å². The van der Waals surface area contributed by atoms with Crippen LogP contribution >= 0.6 is 11.8 Å². The van der Waals surface area contributed by atoms with Crippen LogP contribution < -0.4 is 0 Å². The number of thioether (sulfide) groups is 1. The molecule has 1 aliphatic rings. The molecule has 0 amide bonds. The van der Waals surface area contributed by atoms with Gasteiger partial charge in [0.15, 0.2) is 0 Å². The number of aliphatic hydroxyl groups is 1. The fourth-order valence-electron chi connectivity index (χ4n) is 1.92. The molecule has 1 aromatic carbocycles. The van der Waals surface area contributed by atoms with E-state index in [0.717, 1.165) is 25.7 Å². The summed E-state index contributed by atoms with van der Waals surface area (Å²) in [5, 5.41) is 9.94. The molecule has 1 N–H and O–H groups in total. The van der Waals surface area contributed by atoms with Gasteiger partial charge >= 0.3 is 0 Å². The first-order valence-corrected chi connectivity index (χ1v) is 6.24. The molecule has 0 radical (unpaired) electrons. The van der Waals surface area contributed by atoms with Gasteiger partial charge in [-0.2, -0.15) is 0 Å². The molecule has 1 fully saturated rings. The molecule has 1 aromatic rings. The zero-order chi connectivity index (χ0) is 10.7. The quantitative estimate of drug-likeness (QED) is 0.835. The van der Waals surface area contributed by atoms with Gasteiger partial charge in [0.1, 0.15) is 5.82 Å². The molecule has 2 rings (SSSR count). The lowest BCUT2D eigenvalue weighted by Crippen LogP contribution is -2.26. The van der Waals surface area contributed by atoms with Gasteiger partial charge in [0.25, 0.3) is 0 Å². The summed E-state index contributed by atoms with van der Waals surface area (Å²) >= 11 is 1.47. The molecule has 3 heteroatoms. The molecule has 0 spiro atoms. The van der Waals surface area contributed by atoms with Crippen molar-refractivity contribution in [2.45, 2.75) is 41.9 Å². The molecule has 0 aliphatic heterocycles. The van der Waals surface area contributed by atoms with E-state index in [1.54, 1.807) is 12.1 Å². The van der Waals surface area contributed by atoms with Crippen molar-refractivity contribution in [2.24, 2.45) is 0 Å². The SMILES string of the molecule is OC1CCCCC1Sc1ccccc1F. The molecule has 0 bridgehead atoms. The van der Waals surface area contributed by atoms with E-state index in [4.69, 9.17) is 0 Å². The van der Waals surface area contributed by atoms with Gasteiger partial charge in [-0.15, -0.1) is 11.8 Å². The van der Waals surface area contributed by atoms with E-state index in [1.165, 1.54) is 17.8 Å². The first-order chi connectivity index (χ1) is 7.27. The van der Waals surface area contributed by atoms with Crippen molar-refractivity contribution in [3.63, 3.8) is 0 Å². The minimum Gasteiger partial charge on any atom is -0.392 e. The van der Waals surface area contributed by atoms with Crippen molar-refractivity contribution in [1.82, 2.24) is 0 Å². The van der Waals surface area contributed by atoms with Gasteiger partial charge in [-0.05, 0) is 25.0 Å². The van der Waals surface area contributed by atoms with E-state index >= 15 is 0 Å². The second-order valence-electron chi connectivity index (χ2n) is 3.94. The van der Waals surface area contributed by atoms with Gasteiger partial charge in [0, 0.05) is 10.1 Å². The summed E-state index contributed by atoms with van der Waals surface area (Å²) in [5.74, 6) is -0.180. The topological polar surface area (TPSA) is 20.2 Å². The van der Waals surface area contributed by atoms with Gasteiger partial charge in [-0.3, -0.25) is 0 Å². The van der Waals surface area contributed by atoms with Crippen molar-refractivity contribution in [3.05, 3.63) is 30.1 Å². The summed E-state index contributed by atoms with van der Waals surface area (Å²) in [5.41, 5.74) is 0. The van der Waals surface area contributed by atoms with Crippen molar-refractivity contribution < 1.29 is 9.50 Å². The highest BCUT2D eigenvalue weighted by molar-refractivity contribution is 8.00. The molecule has 2 atom stereocenters. The van der Waals surface area contributed by atoms with Crippen LogP contribution in [-0.2, 0) is 0 Å². The van der Waals surface area contributed by atoms with Crippen LogP contribution in [-0.4, -0.2) is 16.5 Å².